The van der Waals surface area contributed by atoms with Gasteiger partial charge in [0.05, 0.1) is 5.56 Å². The number of ether oxygens (including phenoxy) is 1. The van der Waals surface area contributed by atoms with Crippen LogP contribution < -0.4 is 5.30 Å². The van der Waals surface area contributed by atoms with Crippen LogP contribution in [0.1, 0.15) is 21.8 Å². The number of hydrogen-bond donors (Lipinski definition) is 0. The Morgan fingerprint density at radius 1 is 1.16 bits per heavy atom. The second-order valence-corrected chi connectivity index (χ2v) is 8.62. The van der Waals surface area contributed by atoms with Crippen molar-refractivity contribution in [3.8, 4) is 0 Å². The van der Waals surface area contributed by atoms with Crippen LogP contribution in [-0.4, -0.2) is 5.97 Å². The van der Waals surface area contributed by atoms with Gasteiger partial charge in [-0.05, 0) is 31.1 Å². The third kappa shape index (κ3) is 2.48. The second kappa shape index (κ2) is 5.32. The maximum absolute atomic E-state index is 11.9. The van der Waals surface area contributed by atoms with Gasteiger partial charge in [-0.15, -0.1) is 8.93 Å². The zero-order valence-corrected chi connectivity index (χ0v) is 13.6. The number of carbonyl (C=O) groups is 1. The molecule has 3 rings (SSSR count). The van der Waals surface area contributed by atoms with Crippen LogP contribution in [0.2, 0.25) is 0 Å². The Morgan fingerprint density at radius 3 is 2.63 bits per heavy atom. The number of cyclic esters (lactones) is 1. The van der Waals surface area contributed by atoms with Crippen molar-refractivity contribution in [2.24, 2.45) is 0 Å². The van der Waals surface area contributed by atoms with E-state index >= 15 is 0 Å². The Hall–Kier alpha value is -0.750. The van der Waals surface area contributed by atoms with E-state index in [-0.39, 0.29) is 11.8 Å². The first-order chi connectivity index (χ1) is 9.16. The van der Waals surface area contributed by atoms with Gasteiger partial charge >= 0.3 is 5.97 Å². The Morgan fingerprint density at radius 2 is 1.89 bits per heavy atom. The Balaban J connectivity index is 2.01. The van der Waals surface area contributed by atoms with E-state index in [1.165, 1.54) is 5.30 Å². The number of benzene rings is 2. The first kappa shape index (κ1) is 13.2. The van der Waals surface area contributed by atoms with Crippen LogP contribution in [-0.2, 0) is 4.74 Å². The number of halogens is 1. The Bertz CT molecular complexity index is 631. The van der Waals surface area contributed by atoms with Crippen LogP contribution in [0, 0.1) is 0 Å². The number of esters is 1. The van der Waals surface area contributed by atoms with Gasteiger partial charge in [-0.25, -0.2) is 4.79 Å². The molecule has 0 spiro atoms. The van der Waals surface area contributed by atoms with Gasteiger partial charge in [0.2, 0.25) is 0 Å². The molecule has 0 saturated carbocycles. The average molecular weight is 353 g/mol. The van der Waals surface area contributed by atoms with Crippen molar-refractivity contribution in [3.05, 3.63) is 64.1 Å². The summed E-state index contributed by atoms with van der Waals surface area (Å²) in [4.78, 5) is 11.9. The zero-order valence-electron chi connectivity index (χ0n) is 9.92. The molecule has 5 heteroatoms. The summed E-state index contributed by atoms with van der Waals surface area (Å²) in [6.07, 6.45) is 0. The van der Waals surface area contributed by atoms with Gasteiger partial charge in [0, 0.05) is 10.0 Å². The molecule has 1 aliphatic rings. The van der Waals surface area contributed by atoms with Gasteiger partial charge < -0.3 is 4.74 Å². The monoisotopic (exact) mass is 352 g/mol. The fourth-order valence-corrected chi connectivity index (χ4v) is 5.16. The molecule has 0 bridgehead atoms. The molecule has 2 nitrogen and oxygen atoms in total. The van der Waals surface area contributed by atoms with E-state index < -0.39 is 7.61 Å². The summed E-state index contributed by atoms with van der Waals surface area (Å²) < 4.78 is 6.52. The summed E-state index contributed by atoms with van der Waals surface area (Å²) in [6, 6.07) is 15.8. The highest BCUT2D eigenvalue weighted by Crippen LogP contribution is 2.60. The standard InChI is InChI=1S/C14H11BrO2P2/c15-9-6-7-11-12(8-9)14(17-13(11)16)19(18)10-4-2-1-3-5-10/h1-8,14H,18H2. The van der Waals surface area contributed by atoms with E-state index in [4.69, 9.17) is 4.74 Å². The third-order valence-electron chi connectivity index (χ3n) is 3.03. The van der Waals surface area contributed by atoms with Crippen molar-refractivity contribution in [1.29, 1.82) is 0 Å². The number of rotatable bonds is 2. The molecule has 1 heterocycles. The van der Waals surface area contributed by atoms with Gasteiger partial charge in [-0.2, -0.15) is 0 Å². The molecule has 0 saturated heterocycles. The molecule has 19 heavy (non-hydrogen) atoms. The Kier molecular flexibility index (Phi) is 3.71. The van der Waals surface area contributed by atoms with Crippen molar-refractivity contribution < 1.29 is 9.53 Å². The van der Waals surface area contributed by atoms with Crippen molar-refractivity contribution in [2.75, 3.05) is 0 Å². The van der Waals surface area contributed by atoms with Crippen molar-refractivity contribution in [2.45, 2.75) is 5.85 Å². The maximum Gasteiger partial charge on any atom is 0.339 e. The number of hydrogen-bond acceptors (Lipinski definition) is 2. The maximum atomic E-state index is 11.9. The van der Waals surface area contributed by atoms with Crippen LogP contribution in [0.25, 0.3) is 0 Å². The van der Waals surface area contributed by atoms with Gasteiger partial charge in [-0.1, -0.05) is 46.3 Å². The van der Waals surface area contributed by atoms with E-state index in [0.29, 0.717) is 5.56 Å². The molecule has 96 valence electrons. The summed E-state index contributed by atoms with van der Waals surface area (Å²) in [5.41, 5.74) is 1.66. The summed E-state index contributed by atoms with van der Waals surface area (Å²) >= 11 is 3.45. The zero-order chi connectivity index (χ0) is 13.4. The van der Waals surface area contributed by atoms with Crippen LogP contribution in [0.5, 0.6) is 0 Å². The number of carbonyl (C=O) groups excluding carboxylic acids is 1. The normalized spacial score (nSPS) is 18.8. The minimum Gasteiger partial charge on any atom is -0.449 e. The molecule has 0 radical (unpaired) electrons. The van der Waals surface area contributed by atoms with Crippen LogP contribution >= 0.6 is 32.5 Å². The quantitative estimate of drug-likeness (QED) is 0.597. The molecule has 0 fully saturated rings. The van der Waals surface area contributed by atoms with Crippen molar-refractivity contribution in [1.82, 2.24) is 0 Å². The Labute approximate surface area is 123 Å². The van der Waals surface area contributed by atoms with Crippen LogP contribution in [0.4, 0.5) is 0 Å². The summed E-state index contributed by atoms with van der Waals surface area (Å²) in [5, 5.41) is 1.20. The highest BCUT2D eigenvalue weighted by Gasteiger charge is 2.35. The second-order valence-electron chi connectivity index (χ2n) is 4.23. The summed E-state index contributed by atoms with van der Waals surface area (Å²) in [7, 11) is 2.19. The van der Waals surface area contributed by atoms with Crippen molar-refractivity contribution >= 4 is 43.7 Å². The molecule has 0 amide bonds. The molecule has 0 aromatic heterocycles. The molecule has 0 aliphatic carbocycles. The van der Waals surface area contributed by atoms with Gasteiger partial charge in [0.25, 0.3) is 0 Å². The predicted molar refractivity (Wildman–Crippen MR) is 85.0 cm³/mol. The SMILES string of the molecule is O=C1OC(P(P)c2ccccc2)c2cc(Br)ccc21. The van der Waals surface area contributed by atoms with E-state index in [2.05, 4.69) is 37.0 Å². The number of fused-ring (bicyclic) bond motifs is 1. The lowest BCUT2D eigenvalue weighted by atomic mass is 10.1. The molecule has 0 N–H and O–H groups in total. The molecule has 2 aromatic carbocycles. The lowest BCUT2D eigenvalue weighted by molar-refractivity contribution is 0.0518. The lowest BCUT2D eigenvalue weighted by Gasteiger charge is -2.19. The van der Waals surface area contributed by atoms with Gasteiger partial charge in [0.15, 0.2) is 5.85 Å². The molecule has 3 atom stereocenters. The van der Waals surface area contributed by atoms with Crippen LogP contribution in [0.3, 0.4) is 0 Å². The largest absolute Gasteiger partial charge is 0.449 e. The molecular formula is C14H11BrO2P2. The van der Waals surface area contributed by atoms with Gasteiger partial charge in [0.1, 0.15) is 0 Å². The van der Waals surface area contributed by atoms with E-state index in [0.717, 1.165) is 10.0 Å². The van der Waals surface area contributed by atoms with E-state index in [9.17, 15) is 4.79 Å². The van der Waals surface area contributed by atoms with Gasteiger partial charge in [-0.3, -0.25) is 0 Å². The predicted octanol–water partition coefficient (Wildman–Crippen LogP) is 4.22. The van der Waals surface area contributed by atoms with E-state index in [1.54, 1.807) is 0 Å². The highest BCUT2D eigenvalue weighted by molar-refractivity contribution is 9.10. The minimum absolute atomic E-state index is 0.178. The smallest absolute Gasteiger partial charge is 0.339 e. The first-order valence-corrected chi connectivity index (χ1v) is 9.58. The highest BCUT2D eigenvalue weighted by atomic mass is 79.9. The lowest BCUT2D eigenvalue weighted by Crippen LogP contribution is -2.03. The molecule has 2 aromatic rings. The summed E-state index contributed by atoms with van der Waals surface area (Å²) in [5.74, 6) is -0.402. The fraction of sp³-hybridized carbons (Fsp3) is 0.0714. The van der Waals surface area contributed by atoms with Crippen LogP contribution in [0.15, 0.2) is 53.0 Å². The minimum atomic E-state index is -0.650. The fourth-order valence-electron chi connectivity index (χ4n) is 2.09. The van der Waals surface area contributed by atoms with Crippen molar-refractivity contribution in [3.63, 3.8) is 0 Å². The topological polar surface area (TPSA) is 26.3 Å². The summed E-state index contributed by atoms with van der Waals surface area (Å²) in [6.45, 7) is 0. The molecule has 3 unspecified atom stereocenters. The molecule has 1 aliphatic heterocycles. The van der Waals surface area contributed by atoms with E-state index in [1.807, 2.05) is 36.4 Å². The average Bonchev–Trinajstić information content (AvgIpc) is 2.75. The molecular weight excluding hydrogens is 342 g/mol. The first-order valence-electron chi connectivity index (χ1n) is 5.76. The third-order valence-corrected chi connectivity index (χ3v) is 7.01.